The second-order valence-electron chi connectivity index (χ2n) is 3.44. The predicted molar refractivity (Wildman–Crippen MR) is 58.7 cm³/mol. The first-order valence-corrected chi connectivity index (χ1v) is 4.96. The Hall–Kier alpha value is -2.17. The summed E-state index contributed by atoms with van der Waals surface area (Å²) in [5.74, 6) is -0.121. The molecule has 0 bridgehead atoms. The van der Waals surface area contributed by atoms with Crippen LogP contribution in [0.5, 0.6) is 0 Å². The SMILES string of the molecule is CC(NC(=O)c1ccncc1)c1cnc[nH]1. The average Bonchev–Trinajstić information content (AvgIpc) is 2.83. The third kappa shape index (κ3) is 2.25. The van der Waals surface area contributed by atoms with Crippen LogP contribution >= 0.6 is 0 Å². The number of H-pyrrole nitrogens is 1. The van der Waals surface area contributed by atoms with Crippen molar-refractivity contribution in [3.05, 3.63) is 48.3 Å². The van der Waals surface area contributed by atoms with Crippen molar-refractivity contribution in [1.82, 2.24) is 20.3 Å². The Labute approximate surface area is 92.9 Å². The Morgan fingerprint density at radius 3 is 2.75 bits per heavy atom. The van der Waals surface area contributed by atoms with Gasteiger partial charge in [0.25, 0.3) is 5.91 Å². The highest BCUT2D eigenvalue weighted by molar-refractivity contribution is 5.94. The van der Waals surface area contributed by atoms with Crippen molar-refractivity contribution in [2.45, 2.75) is 13.0 Å². The molecule has 2 rings (SSSR count). The lowest BCUT2D eigenvalue weighted by molar-refractivity contribution is 0.0939. The lowest BCUT2D eigenvalue weighted by atomic mass is 10.2. The number of hydrogen-bond acceptors (Lipinski definition) is 3. The number of nitrogens with one attached hydrogen (secondary N) is 2. The molecule has 0 aliphatic heterocycles. The van der Waals surface area contributed by atoms with Gasteiger partial charge < -0.3 is 10.3 Å². The van der Waals surface area contributed by atoms with Crippen LogP contribution in [0.25, 0.3) is 0 Å². The second kappa shape index (κ2) is 4.57. The van der Waals surface area contributed by atoms with Gasteiger partial charge in [-0.3, -0.25) is 9.78 Å². The summed E-state index contributed by atoms with van der Waals surface area (Å²) in [6.07, 6.45) is 6.47. The minimum absolute atomic E-state index is 0.0943. The zero-order valence-corrected chi connectivity index (χ0v) is 8.84. The Balaban J connectivity index is 2.03. The fourth-order valence-electron chi connectivity index (χ4n) is 1.36. The lowest BCUT2D eigenvalue weighted by Crippen LogP contribution is -2.26. The molecule has 0 radical (unpaired) electrons. The third-order valence-electron chi connectivity index (χ3n) is 2.28. The van der Waals surface area contributed by atoms with Gasteiger partial charge in [-0.15, -0.1) is 0 Å². The zero-order chi connectivity index (χ0) is 11.4. The number of nitrogens with zero attached hydrogens (tertiary/aromatic N) is 2. The maximum atomic E-state index is 11.8. The fourth-order valence-corrected chi connectivity index (χ4v) is 1.36. The first kappa shape index (κ1) is 10.4. The van der Waals surface area contributed by atoms with Gasteiger partial charge >= 0.3 is 0 Å². The molecule has 2 aromatic heterocycles. The summed E-state index contributed by atoms with van der Waals surface area (Å²) in [7, 11) is 0. The first-order chi connectivity index (χ1) is 7.77. The number of imidazole rings is 1. The van der Waals surface area contributed by atoms with Crippen molar-refractivity contribution in [1.29, 1.82) is 0 Å². The van der Waals surface area contributed by atoms with Crippen LogP contribution in [0.15, 0.2) is 37.1 Å². The van der Waals surface area contributed by atoms with E-state index in [1.165, 1.54) is 0 Å². The molecule has 0 spiro atoms. The molecule has 5 nitrogen and oxygen atoms in total. The summed E-state index contributed by atoms with van der Waals surface area (Å²) >= 11 is 0. The molecule has 0 aliphatic carbocycles. The van der Waals surface area contributed by atoms with E-state index in [1.807, 2.05) is 6.92 Å². The summed E-state index contributed by atoms with van der Waals surface area (Å²) in [5, 5.41) is 2.86. The molecule has 2 N–H and O–H groups in total. The Morgan fingerprint density at radius 1 is 1.38 bits per heavy atom. The number of carbonyl (C=O) groups is 1. The molecule has 5 heteroatoms. The van der Waals surface area contributed by atoms with Crippen LogP contribution < -0.4 is 5.32 Å². The van der Waals surface area contributed by atoms with Crippen LogP contribution in [-0.4, -0.2) is 20.9 Å². The predicted octanol–water partition coefficient (Wildman–Crippen LogP) is 1.30. The molecular weight excluding hydrogens is 204 g/mol. The van der Waals surface area contributed by atoms with E-state index in [0.29, 0.717) is 5.56 Å². The van der Waals surface area contributed by atoms with E-state index < -0.39 is 0 Å². The number of rotatable bonds is 3. The minimum atomic E-state index is -0.121. The lowest BCUT2D eigenvalue weighted by Gasteiger charge is -2.11. The molecule has 0 aliphatic rings. The molecule has 0 saturated carbocycles. The Bertz CT molecular complexity index is 452. The number of aromatic nitrogens is 3. The number of hydrogen-bond donors (Lipinski definition) is 2. The summed E-state index contributed by atoms with van der Waals surface area (Å²) in [6.45, 7) is 1.90. The average molecular weight is 216 g/mol. The summed E-state index contributed by atoms with van der Waals surface area (Å²) in [4.78, 5) is 22.5. The second-order valence-corrected chi connectivity index (χ2v) is 3.44. The first-order valence-electron chi connectivity index (χ1n) is 4.96. The van der Waals surface area contributed by atoms with Gasteiger partial charge in [-0.1, -0.05) is 0 Å². The van der Waals surface area contributed by atoms with Crippen LogP contribution in [0.2, 0.25) is 0 Å². The van der Waals surface area contributed by atoms with Crippen molar-refractivity contribution in [2.24, 2.45) is 0 Å². The smallest absolute Gasteiger partial charge is 0.251 e. The largest absolute Gasteiger partial charge is 0.347 e. The Kier molecular flexibility index (Phi) is 2.95. The highest BCUT2D eigenvalue weighted by Gasteiger charge is 2.11. The Morgan fingerprint density at radius 2 is 2.12 bits per heavy atom. The summed E-state index contributed by atoms with van der Waals surface area (Å²) in [5.41, 5.74) is 1.48. The maximum absolute atomic E-state index is 11.8. The quantitative estimate of drug-likeness (QED) is 0.812. The molecular formula is C11H12N4O. The van der Waals surface area contributed by atoms with Gasteiger partial charge in [-0.05, 0) is 19.1 Å². The van der Waals surface area contributed by atoms with Crippen molar-refractivity contribution >= 4 is 5.91 Å². The van der Waals surface area contributed by atoms with Crippen molar-refractivity contribution in [3.63, 3.8) is 0 Å². The van der Waals surface area contributed by atoms with Crippen LogP contribution in [-0.2, 0) is 0 Å². The molecule has 2 aromatic rings. The highest BCUT2D eigenvalue weighted by atomic mass is 16.1. The monoisotopic (exact) mass is 216 g/mol. The van der Waals surface area contributed by atoms with E-state index in [-0.39, 0.29) is 11.9 Å². The van der Waals surface area contributed by atoms with Crippen LogP contribution in [0.4, 0.5) is 0 Å². The topological polar surface area (TPSA) is 70.7 Å². The zero-order valence-electron chi connectivity index (χ0n) is 8.84. The molecule has 1 unspecified atom stereocenters. The van der Waals surface area contributed by atoms with Gasteiger partial charge in [0, 0.05) is 18.0 Å². The molecule has 1 atom stereocenters. The van der Waals surface area contributed by atoms with Crippen molar-refractivity contribution in [2.75, 3.05) is 0 Å². The van der Waals surface area contributed by atoms with E-state index >= 15 is 0 Å². The van der Waals surface area contributed by atoms with Gasteiger partial charge in [0.2, 0.25) is 0 Å². The normalized spacial score (nSPS) is 12.1. The third-order valence-corrected chi connectivity index (χ3v) is 2.28. The van der Waals surface area contributed by atoms with E-state index in [9.17, 15) is 4.79 Å². The van der Waals surface area contributed by atoms with Gasteiger partial charge in [-0.25, -0.2) is 4.98 Å². The van der Waals surface area contributed by atoms with Crippen molar-refractivity contribution < 1.29 is 4.79 Å². The van der Waals surface area contributed by atoms with Gasteiger partial charge in [-0.2, -0.15) is 0 Å². The molecule has 2 heterocycles. The van der Waals surface area contributed by atoms with E-state index in [0.717, 1.165) is 5.69 Å². The highest BCUT2D eigenvalue weighted by Crippen LogP contribution is 2.08. The number of amides is 1. The standard InChI is InChI=1S/C11H12N4O/c1-8(10-6-13-7-14-10)15-11(16)9-2-4-12-5-3-9/h2-8H,1H3,(H,13,14)(H,15,16). The van der Waals surface area contributed by atoms with Gasteiger partial charge in [0.05, 0.1) is 24.3 Å². The minimum Gasteiger partial charge on any atom is -0.347 e. The number of aromatic amines is 1. The van der Waals surface area contributed by atoms with Crippen LogP contribution in [0.3, 0.4) is 0 Å². The van der Waals surface area contributed by atoms with E-state index in [4.69, 9.17) is 0 Å². The van der Waals surface area contributed by atoms with Crippen molar-refractivity contribution in [3.8, 4) is 0 Å². The van der Waals surface area contributed by atoms with E-state index in [1.54, 1.807) is 37.1 Å². The maximum Gasteiger partial charge on any atom is 0.251 e. The van der Waals surface area contributed by atoms with Gasteiger partial charge in [0.15, 0.2) is 0 Å². The summed E-state index contributed by atoms with van der Waals surface area (Å²) in [6, 6.07) is 3.26. The fraction of sp³-hybridized carbons (Fsp3) is 0.182. The van der Waals surface area contributed by atoms with Crippen LogP contribution in [0.1, 0.15) is 29.0 Å². The number of pyridine rings is 1. The molecule has 16 heavy (non-hydrogen) atoms. The summed E-state index contributed by atoms with van der Waals surface area (Å²) < 4.78 is 0. The molecule has 0 aromatic carbocycles. The molecule has 0 fully saturated rings. The number of carbonyl (C=O) groups excluding carboxylic acids is 1. The molecule has 82 valence electrons. The van der Waals surface area contributed by atoms with Crippen LogP contribution in [0, 0.1) is 0 Å². The molecule has 1 amide bonds. The molecule has 0 saturated heterocycles. The van der Waals surface area contributed by atoms with Gasteiger partial charge in [0.1, 0.15) is 0 Å². The van der Waals surface area contributed by atoms with E-state index in [2.05, 4.69) is 20.3 Å².